The highest BCUT2D eigenvalue weighted by Crippen LogP contribution is 2.29. The molecule has 2 rings (SSSR count). The lowest BCUT2D eigenvalue weighted by Crippen LogP contribution is -2.52. The smallest absolute Gasteiger partial charge is 0.184 e. The number of hydrogen-bond donors (Lipinski definition) is 4. The molecule has 0 spiro atoms. The van der Waals surface area contributed by atoms with Gasteiger partial charge in [-0.15, -0.1) is 0 Å². The highest BCUT2D eigenvalue weighted by molar-refractivity contribution is 6.30. The van der Waals surface area contributed by atoms with E-state index >= 15 is 0 Å². The molecule has 6 nitrogen and oxygen atoms in total. The van der Waals surface area contributed by atoms with Crippen LogP contribution in [0.5, 0.6) is 0 Å². The normalized spacial score (nSPS) is 29.9. The highest BCUT2D eigenvalue weighted by atomic mass is 35.5. The largest absolute Gasteiger partial charge is 0.394 e. The molecule has 5 atom stereocenters. The summed E-state index contributed by atoms with van der Waals surface area (Å²) in [6.07, 6.45) is -5.77. The fourth-order valence-corrected chi connectivity index (χ4v) is 2.22. The molecule has 1 aromatic carbocycles. The van der Waals surface area contributed by atoms with Gasteiger partial charge in [0.1, 0.15) is 24.4 Å². The lowest BCUT2D eigenvalue weighted by molar-refractivity contribution is -0.284. The minimum Gasteiger partial charge on any atom is -0.394 e. The maximum Gasteiger partial charge on any atom is 0.184 e. The van der Waals surface area contributed by atoms with E-state index in [0.717, 1.165) is 0 Å². The number of rotatable bonds is 4. The molecule has 0 aliphatic carbocycles. The Balaban J connectivity index is 2.11. The van der Waals surface area contributed by atoms with Crippen LogP contribution in [0.3, 0.4) is 0 Å². The number of halogens is 1. The van der Waals surface area contributed by atoms with Crippen molar-refractivity contribution in [2.75, 3.05) is 13.2 Å². The van der Waals surface area contributed by atoms with E-state index in [4.69, 9.17) is 26.2 Å². The summed E-state index contributed by atoms with van der Waals surface area (Å²) in [6.45, 7) is -0.687. The first-order valence-corrected chi connectivity index (χ1v) is 6.58. The summed E-state index contributed by atoms with van der Waals surface area (Å²) in [6, 6.07) is 6.81. The summed E-state index contributed by atoms with van der Waals surface area (Å²) in [4.78, 5) is 0. The van der Waals surface area contributed by atoms with Crippen LogP contribution in [-0.2, 0) is 9.47 Å². The predicted molar refractivity (Wildman–Crippen MR) is 70.1 cm³/mol. The third-order valence-corrected chi connectivity index (χ3v) is 3.35. The van der Waals surface area contributed by atoms with Gasteiger partial charge in [-0.1, -0.05) is 23.7 Å². The Bertz CT molecular complexity index is 443. The minimum atomic E-state index is -1.42. The van der Waals surface area contributed by atoms with Crippen molar-refractivity contribution >= 4 is 11.6 Å². The number of aliphatic hydroxyl groups is 4. The van der Waals surface area contributed by atoms with Crippen LogP contribution in [-0.4, -0.2) is 58.1 Å². The van der Waals surface area contributed by atoms with E-state index < -0.39 is 37.3 Å². The van der Waals surface area contributed by atoms with Crippen LogP contribution in [0.2, 0.25) is 5.02 Å². The zero-order chi connectivity index (χ0) is 14.7. The summed E-state index contributed by atoms with van der Waals surface area (Å²) in [5.74, 6) is 0. The van der Waals surface area contributed by atoms with Crippen molar-refractivity contribution in [2.24, 2.45) is 0 Å². The Morgan fingerprint density at radius 3 is 2.75 bits per heavy atom. The van der Waals surface area contributed by atoms with Gasteiger partial charge >= 0.3 is 0 Å². The fourth-order valence-electron chi connectivity index (χ4n) is 2.02. The first-order valence-electron chi connectivity index (χ1n) is 6.20. The van der Waals surface area contributed by atoms with E-state index in [1.807, 2.05) is 0 Å². The summed E-state index contributed by atoms with van der Waals surface area (Å²) in [5, 5.41) is 38.4. The Hall–Kier alpha value is -0.730. The van der Waals surface area contributed by atoms with Crippen molar-refractivity contribution in [1.29, 1.82) is 0 Å². The van der Waals surface area contributed by atoms with Crippen LogP contribution in [0.4, 0.5) is 0 Å². The second-order valence-corrected chi connectivity index (χ2v) is 5.07. The molecular formula is C13H17ClO6. The van der Waals surface area contributed by atoms with Gasteiger partial charge in [-0.25, -0.2) is 0 Å². The number of ether oxygens (including phenoxy) is 2. The monoisotopic (exact) mass is 304 g/mol. The molecular weight excluding hydrogens is 288 g/mol. The maximum absolute atomic E-state index is 9.86. The van der Waals surface area contributed by atoms with Crippen LogP contribution in [0.1, 0.15) is 11.9 Å². The Morgan fingerprint density at radius 1 is 1.35 bits per heavy atom. The predicted octanol–water partition coefficient (Wildman–Crippen LogP) is -0.171. The first kappa shape index (κ1) is 15.7. The average Bonchev–Trinajstić information content (AvgIpc) is 2.46. The SMILES string of the molecule is OC[C@@H](O)[C@H](O)[C@H]1OC(c2cccc(Cl)c2)OC[C@@H]1O. The van der Waals surface area contributed by atoms with Crippen LogP contribution >= 0.6 is 11.6 Å². The van der Waals surface area contributed by atoms with Gasteiger partial charge in [-0.2, -0.15) is 0 Å². The van der Waals surface area contributed by atoms with Crippen molar-refractivity contribution in [2.45, 2.75) is 30.7 Å². The molecule has 4 N–H and O–H groups in total. The minimum absolute atomic E-state index is 0.0585. The maximum atomic E-state index is 9.86. The first-order chi connectivity index (χ1) is 9.52. The second-order valence-electron chi connectivity index (χ2n) is 4.63. The molecule has 1 heterocycles. The number of benzene rings is 1. The van der Waals surface area contributed by atoms with Gasteiger partial charge in [0.25, 0.3) is 0 Å². The number of aliphatic hydroxyl groups excluding tert-OH is 4. The Kier molecular flexibility index (Phi) is 5.34. The molecule has 1 unspecified atom stereocenters. The molecule has 112 valence electrons. The molecule has 1 aliphatic rings. The third-order valence-electron chi connectivity index (χ3n) is 3.12. The van der Waals surface area contributed by atoms with Crippen LogP contribution in [0.25, 0.3) is 0 Å². The molecule has 0 radical (unpaired) electrons. The zero-order valence-corrected chi connectivity index (χ0v) is 11.3. The average molecular weight is 305 g/mol. The van der Waals surface area contributed by atoms with Crippen LogP contribution < -0.4 is 0 Å². The quantitative estimate of drug-likeness (QED) is 0.616. The van der Waals surface area contributed by atoms with Gasteiger partial charge in [-0.3, -0.25) is 0 Å². The lowest BCUT2D eigenvalue weighted by Gasteiger charge is -2.37. The standard InChI is InChI=1S/C13H17ClO6/c14-8-3-1-2-7(4-8)13-19-6-10(17)12(20-13)11(18)9(16)5-15/h1-4,9-13,15-18H,5-6H2/t9-,10+,11+,12+,13?/m1/s1. The molecule has 0 saturated carbocycles. The van der Waals surface area contributed by atoms with E-state index in [2.05, 4.69) is 0 Å². The molecule has 7 heteroatoms. The van der Waals surface area contributed by atoms with Gasteiger partial charge in [0.05, 0.1) is 13.2 Å². The summed E-state index contributed by atoms with van der Waals surface area (Å²) >= 11 is 5.88. The summed E-state index contributed by atoms with van der Waals surface area (Å²) in [7, 11) is 0. The third kappa shape index (κ3) is 3.48. The Morgan fingerprint density at radius 2 is 2.10 bits per heavy atom. The second kappa shape index (κ2) is 6.82. The zero-order valence-electron chi connectivity index (χ0n) is 10.6. The van der Waals surface area contributed by atoms with E-state index in [0.29, 0.717) is 10.6 Å². The molecule has 1 fully saturated rings. The van der Waals surface area contributed by atoms with Crippen LogP contribution in [0, 0.1) is 0 Å². The van der Waals surface area contributed by atoms with Crippen molar-refractivity contribution in [3.05, 3.63) is 34.9 Å². The number of hydrogen-bond acceptors (Lipinski definition) is 6. The van der Waals surface area contributed by atoms with Gasteiger partial charge in [0.2, 0.25) is 0 Å². The van der Waals surface area contributed by atoms with E-state index in [-0.39, 0.29) is 6.61 Å². The highest BCUT2D eigenvalue weighted by Gasteiger charge is 2.39. The molecule has 1 aromatic rings. The van der Waals surface area contributed by atoms with Gasteiger partial charge in [0, 0.05) is 10.6 Å². The molecule has 0 bridgehead atoms. The van der Waals surface area contributed by atoms with Gasteiger partial charge < -0.3 is 29.9 Å². The molecule has 1 saturated heterocycles. The Labute approximate surface area is 121 Å². The molecule has 0 aromatic heterocycles. The van der Waals surface area contributed by atoms with E-state index in [1.54, 1.807) is 24.3 Å². The fraction of sp³-hybridized carbons (Fsp3) is 0.538. The summed E-state index contributed by atoms with van der Waals surface area (Å²) in [5.41, 5.74) is 0.639. The van der Waals surface area contributed by atoms with E-state index in [1.165, 1.54) is 0 Å². The van der Waals surface area contributed by atoms with Crippen molar-refractivity contribution in [3.63, 3.8) is 0 Å². The molecule has 20 heavy (non-hydrogen) atoms. The van der Waals surface area contributed by atoms with Gasteiger partial charge in [0.15, 0.2) is 6.29 Å². The van der Waals surface area contributed by atoms with Crippen molar-refractivity contribution < 1.29 is 29.9 Å². The topological polar surface area (TPSA) is 99.4 Å². The summed E-state index contributed by atoms with van der Waals surface area (Å²) < 4.78 is 10.8. The van der Waals surface area contributed by atoms with Crippen molar-refractivity contribution in [1.82, 2.24) is 0 Å². The van der Waals surface area contributed by atoms with Crippen molar-refractivity contribution in [3.8, 4) is 0 Å². The van der Waals surface area contributed by atoms with Gasteiger partial charge in [-0.05, 0) is 12.1 Å². The van der Waals surface area contributed by atoms with Crippen LogP contribution in [0.15, 0.2) is 24.3 Å². The van der Waals surface area contributed by atoms with E-state index in [9.17, 15) is 15.3 Å². The molecule has 1 aliphatic heterocycles. The lowest BCUT2D eigenvalue weighted by atomic mass is 10.0. The molecule has 0 amide bonds.